The topological polar surface area (TPSA) is 58.1 Å². The van der Waals surface area contributed by atoms with Gasteiger partial charge in [-0.3, -0.25) is 4.79 Å². The molecule has 0 bridgehead atoms. The highest BCUT2D eigenvalue weighted by Gasteiger charge is 2.10. The van der Waals surface area contributed by atoms with Crippen molar-refractivity contribution in [3.63, 3.8) is 0 Å². The first kappa shape index (κ1) is 15.4. The summed E-state index contributed by atoms with van der Waals surface area (Å²) in [7, 11) is 1.73. The molecule has 21 heavy (non-hydrogen) atoms. The number of benzene rings is 1. The van der Waals surface area contributed by atoms with Gasteiger partial charge in [-0.2, -0.15) is 4.39 Å². The Morgan fingerprint density at radius 1 is 1.33 bits per heavy atom. The fourth-order valence-electron chi connectivity index (χ4n) is 1.72. The average molecular weight is 353 g/mol. The van der Waals surface area contributed by atoms with E-state index in [1.807, 2.05) is 6.92 Å². The largest absolute Gasteiger partial charge is 0.339 e. The van der Waals surface area contributed by atoms with E-state index < -0.39 is 5.95 Å². The van der Waals surface area contributed by atoms with Crippen LogP contribution in [0, 0.1) is 5.95 Å². The molecule has 110 valence electrons. The quantitative estimate of drug-likeness (QED) is 0.855. The SMILES string of the molecule is CCC(=O)N(C)c1ccc(Nc2ncnc(F)c2Br)cc1. The van der Waals surface area contributed by atoms with Crippen LogP contribution in [-0.2, 0) is 4.79 Å². The highest BCUT2D eigenvalue weighted by Crippen LogP contribution is 2.26. The number of aromatic nitrogens is 2. The third-order valence-corrected chi connectivity index (χ3v) is 3.64. The van der Waals surface area contributed by atoms with Crippen LogP contribution < -0.4 is 10.2 Å². The van der Waals surface area contributed by atoms with Crippen LogP contribution in [-0.4, -0.2) is 22.9 Å². The summed E-state index contributed by atoms with van der Waals surface area (Å²) in [5.74, 6) is -0.248. The lowest BCUT2D eigenvalue weighted by atomic mass is 10.2. The summed E-state index contributed by atoms with van der Waals surface area (Å²) in [6, 6.07) is 7.20. The van der Waals surface area contributed by atoms with Crippen LogP contribution >= 0.6 is 15.9 Å². The molecule has 1 aromatic carbocycles. The Hall–Kier alpha value is -2.02. The molecule has 0 aliphatic carbocycles. The van der Waals surface area contributed by atoms with Gasteiger partial charge in [0, 0.05) is 24.8 Å². The fraction of sp³-hybridized carbons (Fsp3) is 0.214. The van der Waals surface area contributed by atoms with Gasteiger partial charge >= 0.3 is 0 Å². The van der Waals surface area contributed by atoms with Crippen molar-refractivity contribution >= 4 is 39.0 Å². The molecule has 7 heteroatoms. The van der Waals surface area contributed by atoms with Crippen LogP contribution in [0.5, 0.6) is 0 Å². The van der Waals surface area contributed by atoms with Crippen molar-refractivity contribution in [2.45, 2.75) is 13.3 Å². The number of amides is 1. The van der Waals surface area contributed by atoms with Crippen molar-refractivity contribution in [3.05, 3.63) is 41.0 Å². The zero-order chi connectivity index (χ0) is 15.4. The number of carbonyl (C=O) groups excluding carboxylic acids is 1. The van der Waals surface area contributed by atoms with E-state index in [9.17, 15) is 9.18 Å². The van der Waals surface area contributed by atoms with Crippen LogP contribution in [0.2, 0.25) is 0 Å². The molecule has 2 rings (SSSR count). The molecule has 0 fully saturated rings. The maximum Gasteiger partial charge on any atom is 0.232 e. The van der Waals surface area contributed by atoms with Crippen molar-refractivity contribution in [2.75, 3.05) is 17.3 Å². The standard InChI is InChI=1S/C14H14BrFN4O/c1-3-11(21)20(2)10-6-4-9(5-7-10)19-14-12(15)13(16)17-8-18-14/h4-8H,3H2,1-2H3,(H,17,18,19). The smallest absolute Gasteiger partial charge is 0.232 e. The highest BCUT2D eigenvalue weighted by atomic mass is 79.9. The molecule has 0 aliphatic heterocycles. The van der Waals surface area contributed by atoms with Crippen molar-refractivity contribution in [1.82, 2.24) is 9.97 Å². The lowest BCUT2D eigenvalue weighted by Crippen LogP contribution is -2.24. The molecule has 0 radical (unpaired) electrons. The van der Waals surface area contributed by atoms with E-state index >= 15 is 0 Å². The Morgan fingerprint density at radius 2 is 2.00 bits per heavy atom. The summed E-state index contributed by atoms with van der Waals surface area (Å²) < 4.78 is 13.5. The van der Waals surface area contributed by atoms with Gasteiger partial charge in [-0.15, -0.1) is 0 Å². The Bertz CT molecular complexity index is 648. The minimum Gasteiger partial charge on any atom is -0.339 e. The van der Waals surface area contributed by atoms with Crippen molar-refractivity contribution in [2.24, 2.45) is 0 Å². The van der Waals surface area contributed by atoms with E-state index in [0.29, 0.717) is 12.2 Å². The minimum atomic E-state index is -0.627. The first-order valence-corrected chi connectivity index (χ1v) is 7.12. The number of hydrogen-bond donors (Lipinski definition) is 1. The molecule has 1 aromatic heterocycles. The van der Waals surface area contributed by atoms with Gasteiger partial charge in [0.05, 0.1) is 0 Å². The van der Waals surface area contributed by atoms with E-state index in [-0.39, 0.29) is 10.4 Å². The van der Waals surface area contributed by atoms with E-state index in [1.54, 1.807) is 36.2 Å². The maximum atomic E-state index is 13.3. The van der Waals surface area contributed by atoms with E-state index in [4.69, 9.17) is 0 Å². The predicted molar refractivity (Wildman–Crippen MR) is 83.1 cm³/mol. The molecular formula is C14H14BrFN4O. The number of nitrogens with zero attached hydrogens (tertiary/aromatic N) is 3. The average Bonchev–Trinajstić information content (AvgIpc) is 2.51. The molecule has 5 nitrogen and oxygen atoms in total. The first-order valence-electron chi connectivity index (χ1n) is 6.32. The molecule has 0 unspecified atom stereocenters. The van der Waals surface area contributed by atoms with Gasteiger partial charge in [0.15, 0.2) is 5.82 Å². The monoisotopic (exact) mass is 352 g/mol. The van der Waals surface area contributed by atoms with Crippen LogP contribution in [0.15, 0.2) is 35.1 Å². The molecule has 0 aliphatic rings. The number of rotatable bonds is 4. The van der Waals surface area contributed by atoms with Crippen LogP contribution in [0.25, 0.3) is 0 Å². The summed E-state index contributed by atoms with van der Waals surface area (Å²) in [6.07, 6.45) is 1.59. The molecule has 1 heterocycles. The van der Waals surface area contributed by atoms with Gasteiger partial charge in [-0.05, 0) is 40.2 Å². The third kappa shape index (κ3) is 3.55. The summed E-state index contributed by atoms with van der Waals surface area (Å²) in [5, 5.41) is 2.98. The van der Waals surface area contributed by atoms with Gasteiger partial charge in [0.2, 0.25) is 11.9 Å². The normalized spacial score (nSPS) is 10.3. The summed E-state index contributed by atoms with van der Waals surface area (Å²) in [4.78, 5) is 20.6. The number of hydrogen-bond acceptors (Lipinski definition) is 4. The highest BCUT2D eigenvalue weighted by molar-refractivity contribution is 9.10. The van der Waals surface area contributed by atoms with Crippen LogP contribution in [0.4, 0.5) is 21.6 Å². The zero-order valence-electron chi connectivity index (χ0n) is 11.6. The number of nitrogens with one attached hydrogen (secondary N) is 1. The van der Waals surface area contributed by atoms with Crippen molar-refractivity contribution in [3.8, 4) is 0 Å². The molecular weight excluding hydrogens is 339 g/mol. The number of carbonyl (C=O) groups is 1. The van der Waals surface area contributed by atoms with E-state index in [1.165, 1.54) is 0 Å². The zero-order valence-corrected chi connectivity index (χ0v) is 13.2. The Balaban J connectivity index is 2.16. The minimum absolute atomic E-state index is 0.0383. The predicted octanol–water partition coefficient (Wildman–Crippen LogP) is 3.49. The molecule has 0 atom stereocenters. The van der Waals surface area contributed by atoms with Gasteiger partial charge in [0.1, 0.15) is 10.8 Å². The third-order valence-electron chi connectivity index (χ3n) is 2.94. The van der Waals surface area contributed by atoms with Crippen molar-refractivity contribution in [1.29, 1.82) is 0 Å². The lowest BCUT2D eigenvalue weighted by molar-refractivity contribution is -0.118. The van der Waals surface area contributed by atoms with Gasteiger partial charge in [-0.25, -0.2) is 9.97 Å². The second kappa shape index (κ2) is 6.62. The Morgan fingerprint density at radius 3 is 2.62 bits per heavy atom. The van der Waals surface area contributed by atoms with Gasteiger partial charge in [-0.1, -0.05) is 6.92 Å². The second-order valence-corrected chi connectivity index (χ2v) is 5.10. The molecule has 1 N–H and O–H groups in total. The molecule has 1 amide bonds. The Labute approximate surface area is 130 Å². The fourth-order valence-corrected chi connectivity index (χ4v) is 2.03. The van der Waals surface area contributed by atoms with Crippen molar-refractivity contribution < 1.29 is 9.18 Å². The molecule has 2 aromatic rings. The lowest BCUT2D eigenvalue weighted by Gasteiger charge is -2.17. The summed E-state index contributed by atoms with van der Waals surface area (Å²) >= 11 is 3.09. The molecule has 0 spiro atoms. The van der Waals surface area contributed by atoms with E-state index in [2.05, 4.69) is 31.2 Å². The Kier molecular flexibility index (Phi) is 4.85. The summed E-state index contributed by atoms with van der Waals surface area (Å²) in [5.41, 5.74) is 1.52. The number of halogens is 2. The summed E-state index contributed by atoms with van der Waals surface area (Å²) in [6.45, 7) is 1.82. The molecule has 0 saturated carbocycles. The molecule has 0 saturated heterocycles. The van der Waals surface area contributed by atoms with E-state index in [0.717, 1.165) is 17.7 Å². The van der Waals surface area contributed by atoms with Crippen LogP contribution in [0.3, 0.4) is 0 Å². The first-order chi connectivity index (χ1) is 10.0. The second-order valence-electron chi connectivity index (χ2n) is 4.31. The van der Waals surface area contributed by atoms with Gasteiger partial charge < -0.3 is 10.2 Å². The van der Waals surface area contributed by atoms with Crippen LogP contribution in [0.1, 0.15) is 13.3 Å². The maximum absolute atomic E-state index is 13.3. The number of anilines is 3. The van der Waals surface area contributed by atoms with Gasteiger partial charge in [0.25, 0.3) is 0 Å².